The Bertz CT molecular complexity index is 1180. The van der Waals surface area contributed by atoms with Gasteiger partial charge in [0.25, 0.3) is 11.2 Å². The molecular weight excluding hydrogens is 380 g/mol. The number of aryl methyl sites for hydroxylation is 3. The van der Waals surface area contributed by atoms with Crippen LogP contribution in [0, 0.1) is 10.1 Å². The molecular formula is C19H18N4O4S. The van der Waals surface area contributed by atoms with E-state index in [0.29, 0.717) is 17.6 Å². The number of aromatic hydroxyl groups is 1. The Labute approximate surface area is 163 Å². The van der Waals surface area contributed by atoms with E-state index in [0.717, 1.165) is 36.1 Å². The molecule has 2 aromatic heterocycles. The molecule has 0 saturated carbocycles. The minimum Gasteiger partial charge on any atom is -0.507 e. The maximum Gasteiger partial charge on any atom is 0.283 e. The smallest absolute Gasteiger partial charge is 0.283 e. The van der Waals surface area contributed by atoms with E-state index in [4.69, 9.17) is 0 Å². The molecule has 2 heterocycles. The van der Waals surface area contributed by atoms with Crippen LogP contribution in [0.25, 0.3) is 10.2 Å². The molecule has 0 unspecified atom stereocenters. The largest absolute Gasteiger partial charge is 0.507 e. The van der Waals surface area contributed by atoms with Gasteiger partial charge in [0, 0.05) is 29.0 Å². The number of phenolic OH excluding ortho intramolecular Hbond substituents is 1. The van der Waals surface area contributed by atoms with Crippen LogP contribution in [-0.4, -0.2) is 25.9 Å². The quantitative estimate of drug-likeness (QED) is 0.411. The number of nitro benzene ring substituents is 1. The summed E-state index contributed by atoms with van der Waals surface area (Å²) in [6, 6.07) is 3.66. The van der Waals surface area contributed by atoms with E-state index in [9.17, 15) is 20.0 Å². The first-order valence-corrected chi connectivity index (χ1v) is 9.89. The van der Waals surface area contributed by atoms with Crippen LogP contribution >= 0.6 is 11.3 Å². The minimum atomic E-state index is -0.550. The summed E-state index contributed by atoms with van der Waals surface area (Å²) >= 11 is 1.58. The number of nitrogens with zero attached hydrogens (tertiary/aromatic N) is 4. The van der Waals surface area contributed by atoms with Crippen LogP contribution < -0.4 is 5.56 Å². The molecule has 8 nitrogen and oxygen atoms in total. The van der Waals surface area contributed by atoms with Gasteiger partial charge < -0.3 is 5.11 Å². The third-order valence-electron chi connectivity index (χ3n) is 4.88. The number of aromatic nitrogens is 2. The first kappa shape index (κ1) is 18.3. The molecule has 0 spiro atoms. The summed E-state index contributed by atoms with van der Waals surface area (Å²) in [5.74, 6) is 0.361. The van der Waals surface area contributed by atoms with E-state index in [1.54, 1.807) is 11.3 Å². The monoisotopic (exact) mass is 398 g/mol. The molecule has 0 saturated heterocycles. The van der Waals surface area contributed by atoms with Crippen molar-refractivity contribution in [3.8, 4) is 5.75 Å². The number of benzene rings is 1. The summed E-state index contributed by atoms with van der Waals surface area (Å²) in [6.07, 6.45) is 5.79. The van der Waals surface area contributed by atoms with Gasteiger partial charge in [-0.15, -0.1) is 11.3 Å². The van der Waals surface area contributed by atoms with Crippen LogP contribution in [-0.2, 0) is 19.3 Å². The second-order valence-electron chi connectivity index (χ2n) is 6.63. The van der Waals surface area contributed by atoms with Gasteiger partial charge in [-0.3, -0.25) is 14.9 Å². The first-order chi connectivity index (χ1) is 13.5. The van der Waals surface area contributed by atoms with Crippen molar-refractivity contribution >= 4 is 33.5 Å². The van der Waals surface area contributed by atoms with Crippen LogP contribution in [0.15, 0.2) is 28.1 Å². The van der Waals surface area contributed by atoms with Gasteiger partial charge in [-0.25, -0.2) is 4.98 Å². The highest BCUT2D eigenvalue weighted by Crippen LogP contribution is 2.33. The van der Waals surface area contributed by atoms with Gasteiger partial charge >= 0.3 is 0 Å². The van der Waals surface area contributed by atoms with Gasteiger partial charge in [0.15, 0.2) is 0 Å². The van der Waals surface area contributed by atoms with E-state index in [1.165, 1.54) is 34.0 Å². The van der Waals surface area contributed by atoms with E-state index in [2.05, 4.69) is 10.1 Å². The lowest BCUT2D eigenvalue weighted by molar-refractivity contribution is -0.384. The molecule has 0 aliphatic heterocycles. The van der Waals surface area contributed by atoms with Crippen molar-refractivity contribution in [2.75, 3.05) is 0 Å². The number of nitro groups is 1. The van der Waals surface area contributed by atoms with Crippen LogP contribution in [0.3, 0.4) is 0 Å². The van der Waals surface area contributed by atoms with Crippen molar-refractivity contribution in [1.82, 2.24) is 9.66 Å². The molecule has 0 fully saturated rings. The van der Waals surface area contributed by atoms with E-state index in [1.807, 2.05) is 6.92 Å². The molecule has 144 valence electrons. The second-order valence-corrected chi connectivity index (χ2v) is 7.72. The number of rotatable bonds is 4. The second kappa shape index (κ2) is 7.16. The zero-order valence-corrected chi connectivity index (χ0v) is 16.0. The molecule has 1 N–H and O–H groups in total. The molecule has 1 aromatic carbocycles. The molecule has 3 aromatic rings. The van der Waals surface area contributed by atoms with E-state index < -0.39 is 4.92 Å². The third-order valence-corrected chi connectivity index (χ3v) is 6.07. The normalized spacial score (nSPS) is 13.9. The van der Waals surface area contributed by atoms with Gasteiger partial charge in [0.1, 0.15) is 16.4 Å². The maximum atomic E-state index is 13.2. The van der Waals surface area contributed by atoms with Crippen LogP contribution in [0.2, 0.25) is 0 Å². The van der Waals surface area contributed by atoms with Gasteiger partial charge in [-0.2, -0.15) is 9.78 Å². The fourth-order valence-electron chi connectivity index (χ4n) is 3.47. The topological polar surface area (TPSA) is 111 Å². The highest BCUT2D eigenvalue weighted by atomic mass is 32.1. The Morgan fingerprint density at radius 1 is 1.39 bits per heavy atom. The molecule has 1 aliphatic carbocycles. The Kier molecular flexibility index (Phi) is 4.68. The number of hydrogen-bond acceptors (Lipinski definition) is 7. The summed E-state index contributed by atoms with van der Waals surface area (Å²) in [4.78, 5) is 30.2. The number of non-ortho nitro benzene ring substituents is 1. The third kappa shape index (κ3) is 3.07. The number of phenols is 1. The molecule has 28 heavy (non-hydrogen) atoms. The summed E-state index contributed by atoms with van der Waals surface area (Å²) < 4.78 is 1.24. The zero-order chi connectivity index (χ0) is 19.8. The van der Waals surface area contributed by atoms with E-state index >= 15 is 0 Å². The molecule has 0 radical (unpaired) electrons. The van der Waals surface area contributed by atoms with Gasteiger partial charge in [0.05, 0.1) is 16.5 Å². The molecule has 4 rings (SSSR count). The van der Waals surface area contributed by atoms with Crippen molar-refractivity contribution in [3.63, 3.8) is 0 Å². The van der Waals surface area contributed by atoms with E-state index in [-0.39, 0.29) is 22.6 Å². The lowest BCUT2D eigenvalue weighted by Crippen LogP contribution is -2.22. The lowest BCUT2D eigenvalue weighted by atomic mass is 9.97. The predicted octanol–water partition coefficient (Wildman–Crippen LogP) is 3.40. The predicted molar refractivity (Wildman–Crippen MR) is 108 cm³/mol. The van der Waals surface area contributed by atoms with Crippen LogP contribution in [0.4, 0.5) is 5.69 Å². The first-order valence-electron chi connectivity index (χ1n) is 9.07. The summed E-state index contributed by atoms with van der Waals surface area (Å²) in [6.45, 7) is 1.89. The fraction of sp³-hybridized carbons (Fsp3) is 0.316. The summed E-state index contributed by atoms with van der Waals surface area (Å²) in [5.41, 5.74) is 0.842. The van der Waals surface area contributed by atoms with Gasteiger partial charge in [0.2, 0.25) is 0 Å². The Balaban J connectivity index is 1.86. The molecule has 0 bridgehead atoms. The lowest BCUT2D eigenvalue weighted by Gasteiger charge is -2.10. The minimum absolute atomic E-state index is 0.151. The van der Waals surface area contributed by atoms with Crippen LogP contribution in [0.1, 0.15) is 41.6 Å². The SMILES string of the molecule is CCc1nc2sc3c(c2c(=O)n1/N=C\c1cc([N+](=O)[O-])ccc1O)CCCC3. The average Bonchev–Trinajstić information content (AvgIpc) is 3.06. The Hall–Kier alpha value is -3.07. The standard InChI is InChI=1S/C19H18N4O4S/c1-2-16-21-18-17(13-5-3-4-6-15(13)28-18)19(25)22(16)20-10-11-9-12(23(26)27)7-8-14(11)24/h7-10,24H,2-6H2,1H3/b20-10-. The maximum absolute atomic E-state index is 13.2. The number of thiophene rings is 1. The Morgan fingerprint density at radius 2 is 2.18 bits per heavy atom. The zero-order valence-electron chi connectivity index (χ0n) is 15.2. The van der Waals surface area contributed by atoms with Crippen molar-refractivity contribution in [2.45, 2.75) is 39.0 Å². The fourth-order valence-corrected chi connectivity index (χ4v) is 4.74. The van der Waals surface area contributed by atoms with Crippen molar-refractivity contribution in [3.05, 3.63) is 60.5 Å². The number of hydrogen-bond donors (Lipinski definition) is 1. The van der Waals surface area contributed by atoms with Crippen molar-refractivity contribution in [2.24, 2.45) is 5.10 Å². The van der Waals surface area contributed by atoms with Crippen molar-refractivity contribution in [1.29, 1.82) is 0 Å². The summed E-state index contributed by atoms with van der Waals surface area (Å²) in [7, 11) is 0. The molecule has 9 heteroatoms. The average molecular weight is 398 g/mol. The van der Waals surface area contributed by atoms with Gasteiger partial charge in [-0.1, -0.05) is 6.92 Å². The highest BCUT2D eigenvalue weighted by Gasteiger charge is 2.21. The van der Waals surface area contributed by atoms with Crippen molar-refractivity contribution < 1.29 is 10.0 Å². The molecule has 0 amide bonds. The number of fused-ring (bicyclic) bond motifs is 3. The summed E-state index contributed by atoms with van der Waals surface area (Å²) in [5, 5.41) is 25.8. The molecule has 0 atom stereocenters. The Morgan fingerprint density at radius 3 is 2.93 bits per heavy atom. The van der Waals surface area contributed by atoms with Crippen LogP contribution in [0.5, 0.6) is 5.75 Å². The highest BCUT2D eigenvalue weighted by molar-refractivity contribution is 7.18. The molecule has 1 aliphatic rings. The van der Waals surface area contributed by atoms with Gasteiger partial charge in [-0.05, 0) is 37.3 Å².